The summed E-state index contributed by atoms with van der Waals surface area (Å²) in [6.45, 7) is 1.74. The van der Waals surface area contributed by atoms with Crippen LogP contribution >= 0.6 is 0 Å². The summed E-state index contributed by atoms with van der Waals surface area (Å²) < 4.78 is 5.54. The molecule has 6 heteroatoms. The Morgan fingerprint density at radius 3 is 2.44 bits per heavy atom. The fourth-order valence-corrected chi connectivity index (χ4v) is 3.46. The molecule has 2 atom stereocenters. The van der Waals surface area contributed by atoms with Gasteiger partial charge in [-0.1, -0.05) is 49.6 Å². The lowest BCUT2D eigenvalue weighted by molar-refractivity contribution is -0.121. The first-order valence-corrected chi connectivity index (χ1v) is 9.59. The lowest BCUT2D eigenvalue weighted by Gasteiger charge is -2.24. The number of furan rings is 1. The van der Waals surface area contributed by atoms with Crippen molar-refractivity contribution in [2.24, 2.45) is 0 Å². The molecule has 1 aromatic heterocycles. The molecule has 0 unspecified atom stereocenters. The minimum absolute atomic E-state index is 0.162. The lowest BCUT2D eigenvalue weighted by atomic mass is 9.96. The molecule has 1 saturated carbocycles. The average Bonchev–Trinajstić information content (AvgIpc) is 3.21. The molecule has 144 valence electrons. The van der Waals surface area contributed by atoms with E-state index in [1.54, 1.807) is 13.2 Å². The lowest BCUT2D eigenvalue weighted by Crippen LogP contribution is -2.51. The van der Waals surface area contributed by atoms with Crippen molar-refractivity contribution in [2.75, 3.05) is 0 Å². The van der Waals surface area contributed by atoms with Gasteiger partial charge in [-0.15, -0.1) is 0 Å². The Balaban J connectivity index is 1.58. The maximum absolute atomic E-state index is 12.5. The van der Waals surface area contributed by atoms with Gasteiger partial charge in [0.25, 0.3) is 0 Å². The van der Waals surface area contributed by atoms with Crippen molar-refractivity contribution in [3.63, 3.8) is 0 Å². The second-order valence-electron chi connectivity index (χ2n) is 7.05. The molecule has 0 radical (unpaired) electrons. The van der Waals surface area contributed by atoms with Crippen molar-refractivity contribution in [3.05, 3.63) is 60.1 Å². The van der Waals surface area contributed by atoms with Gasteiger partial charge in [-0.2, -0.15) is 0 Å². The largest absolute Gasteiger partial charge is 0.467 e. The normalized spacial score (nSPS) is 17.1. The van der Waals surface area contributed by atoms with Crippen molar-refractivity contribution in [1.29, 1.82) is 0 Å². The number of amides is 3. The summed E-state index contributed by atoms with van der Waals surface area (Å²) in [6, 6.07) is 12.3. The zero-order valence-corrected chi connectivity index (χ0v) is 15.6. The molecule has 1 heterocycles. The number of nitrogens with one attached hydrogen (secondary N) is 3. The Kier molecular flexibility index (Phi) is 6.65. The number of carbonyl (C=O) groups excluding carboxylic acids is 2. The molecule has 0 spiro atoms. The highest BCUT2D eigenvalue weighted by molar-refractivity contribution is 5.96. The predicted molar refractivity (Wildman–Crippen MR) is 103 cm³/mol. The van der Waals surface area contributed by atoms with Gasteiger partial charge in [0.05, 0.1) is 18.3 Å². The second kappa shape index (κ2) is 9.37. The molecule has 27 heavy (non-hydrogen) atoms. The summed E-state index contributed by atoms with van der Waals surface area (Å²) in [5.74, 6) is 0.350. The first kappa shape index (κ1) is 19.2. The van der Waals surface area contributed by atoms with Crippen molar-refractivity contribution >= 4 is 11.9 Å². The van der Waals surface area contributed by atoms with Gasteiger partial charge in [0, 0.05) is 6.04 Å². The minimum Gasteiger partial charge on any atom is -0.467 e. The molecule has 0 bridgehead atoms. The quantitative estimate of drug-likeness (QED) is 0.728. The standard InChI is InChI=1S/C21H27N3O3/c1-15(20(25)24-21(26)23-17-11-6-3-7-12-17)22-19(18-13-8-14-27-18)16-9-4-2-5-10-16/h2,4-5,8-10,13-15,17,19,22H,3,6-7,11-12H2,1H3,(H2,23,24,25,26)/t15-,19-/m1/s1. The van der Waals surface area contributed by atoms with Crippen molar-refractivity contribution in [1.82, 2.24) is 16.0 Å². The van der Waals surface area contributed by atoms with Crippen LogP contribution in [0.15, 0.2) is 53.1 Å². The van der Waals surface area contributed by atoms with Gasteiger partial charge >= 0.3 is 6.03 Å². The number of carbonyl (C=O) groups is 2. The van der Waals surface area contributed by atoms with E-state index >= 15 is 0 Å². The first-order chi connectivity index (χ1) is 13.1. The summed E-state index contributed by atoms with van der Waals surface area (Å²) in [5.41, 5.74) is 0.985. The Morgan fingerprint density at radius 1 is 1.04 bits per heavy atom. The third-order valence-corrected chi connectivity index (χ3v) is 4.95. The molecular formula is C21H27N3O3. The van der Waals surface area contributed by atoms with Gasteiger partial charge in [0.1, 0.15) is 5.76 Å². The highest BCUT2D eigenvalue weighted by Gasteiger charge is 2.24. The van der Waals surface area contributed by atoms with Crippen LogP contribution in [-0.2, 0) is 4.79 Å². The molecule has 3 amide bonds. The summed E-state index contributed by atoms with van der Waals surface area (Å²) in [4.78, 5) is 24.6. The first-order valence-electron chi connectivity index (χ1n) is 9.59. The number of hydrogen-bond acceptors (Lipinski definition) is 4. The predicted octanol–water partition coefficient (Wildman–Crippen LogP) is 3.51. The number of imide groups is 1. The fourth-order valence-electron chi connectivity index (χ4n) is 3.46. The van der Waals surface area contributed by atoms with Crippen molar-refractivity contribution < 1.29 is 14.0 Å². The maximum atomic E-state index is 12.5. The van der Waals surface area contributed by atoms with Crippen LogP contribution in [0.1, 0.15) is 56.4 Å². The van der Waals surface area contributed by atoms with E-state index in [-0.39, 0.29) is 18.0 Å². The molecule has 2 aromatic rings. The molecule has 0 saturated heterocycles. The van der Waals surface area contributed by atoms with E-state index in [9.17, 15) is 9.59 Å². The van der Waals surface area contributed by atoms with Gasteiger partial charge in [-0.3, -0.25) is 15.4 Å². The molecule has 3 rings (SSSR count). The van der Waals surface area contributed by atoms with Crippen LogP contribution in [0.4, 0.5) is 4.79 Å². The Hall–Kier alpha value is -2.60. The maximum Gasteiger partial charge on any atom is 0.321 e. The monoisotopic (exact) mass is 369 g/mol. The van der Waals surface area contributed by atoms with Crippen LogP contribution in [0.3, 0.4) is 0 Å². The van der Waals surface area contributed by atoms with Gasteiger partial charge in [0.15, 0.2) is 0 Å². The Labute approximate surface area is 159 Å². The molecular weight excluding hydrogens is 342 g/mol. The fraction of sp³-hybridized carbons (Fsp3) is 0.429. The molecule has 6 nitrogen and oxygen atoms in total. The van der Waals surface area contributed by atoms with Crippen LogP contribution in [-0.4, -0.2) is 24.0 Å². The van der Waals surface area contributed by atoms with Crippen molar-refractivity contribution in [2.45, 2.75) is 57.2 Å². The van der Waals surface area contributed by atoms with E-state index in [1.807, 2.05) is 42.5 Å². The average molecular weight is 369 g/mol. The van der Waals surface area contributed by atoms with Gasteiger partial charge in [-0.05, 0) is 37.5 Å². The summed E-state index contributed by atoms with van der Waals surface area (Å²) >= 11 is 0. The number of benzene rings is 1. The topological polar surface area (TPSA) is 83.4 Å². The van der Waals surface area contributed by atoms with Gasteiger partial charge < -0.3 is 9.73 Å². The van der Waals surface area contributed by atoms with Crippen molar-refractivity contribution in [3.8, 4) is 0 Å². The van der Waals surface area contributed by atoms with E-state index < -0.39 is 12.1 Å². The van der Waals surface area contributed by atoms with Crippen LogP contribution in [0.25, 0.3) is 0 Å². The number of hydrogen-bond donors (Lipinski definition) is 3. The summed E-state index contributed by atoms with van der Waals surface area (Å²) in [6.07, 6.45) is 7.02. The van der Waals surface area contributed by atoms with E-state index in [2.05, 4.69) is 16.0 Å². The molecule has 3 N–H and O–H groups in total. The molecule has 1 aromatic carbocycles. The highest BCUT2D eigenvalue weighted by Crippen LogP contribution is 2.23. The van der Waals surface area contributed by atoms with E-state index in [1.165, 1.54) is 6.42 Å². The zero-order chi connectivity index (χ0) is 19.1. The zero-order valence-electron chi connectivity index (χ0n) is 15.6. The van der Waals surface area contributed by atoms with Crippen LogP contribution in [0.2, 0.25) is 0 Å². The van der Waals surface area contributed by atoms with Gasteiger partial charge in [-0.25, -0.2) is 4.79 Å². The van der Waals surface area contributed by atoms with Crippen LogP contribution in [0.5, 0.6) is 0 Å². The number of urea groups is 1. The van der Waals surface area contributed by atoms with E-state index in [0.717, 1.165) is 31.2 Å². The third kappa shape index (κ3) is 5.44. The Morgan fingerprint density at radius 2 is 1.78 bits per heavy atom. The summed E-state index contributed by atoms with van der Waals surface area (Å²) in [5, 5.41) is 8.61. The Bertz CT molecular complexity index is 724. The van der Waals surface area contributed by atoms with E-state index in [0.29, 0.717) is 5.76 Å². The SMILES string of the molecule is C[C@@H](N[C@H](c1ccccc1)c1ccco1)C(=O)NC(=O)NC1CCCCC1. The van der Waals surface area contributed by atoms with E-state index in [4.69, 9.17) is 4.42 Å². The molecule has 1 aliphatic rings. The molecule has 1 fully saturated rings. The molecule has 0 aliphatic heterocycles. The molecule has 1 aliphatic carbocycles. The highest BCUT2D eigenvalue weighted by atomic mass is 16.3. The second-order valence-corrected chi connectivity index (χ2v) is 7.05. The van der Waals surface area contributed by atoms with Crippen LogP contribution < -0.4 is 16.0 Å². The van der Waals surface area contributed by atoms with Crippen LogP contribution in [0, 0.1) is 0 Å². The smallest absolute Gasteiger partial charge is 0.321 e. The van der Waals surface area contributed by atoms with Gasteiger partial charge in [0.2, 0.25) is 5.91 Å². The number of rotatable bonds is 6. The third-order valence-electron chi connectivity index (χ3n) is 4.95. The minimum atomic E-state index is -0.572. The summed E-state index contributed by atoms with van der Waals surface area (Å²) in [7, 11) is 0.